The minimum absolute atomic E-state index is 1.32. The predicted molar refractivity (Wildman–Crippen MR) is 78.4 cm³/mol. The molecule has 0 amide bonds. The Balaban J connectivity index is 0.000000239. The molecule has 2 aliphatic carbocycles. The van der Waals surface area contributed by atoms with Crippen molar-refractivity contribution in [1.29, 1.82) is 0 Å². The van der Waals surface area contributed by atoms with E-state index >= 15 is 0 Å². The molecule has 0 N–H and O–H groups in total. The van der Waals surface area contributed by atoms with Gasteiger partial charge < -0.3 is 0 Å². The standard InChI is InChI=1S/C12H24.C5H8/c1-2-4-6-8-10-12-11-9-7-5-3-1;1-2-4-5-3-1/h1-12H2;1-2H,3-5H2. The van der Waals surface area contributed by atoms with Gasteiger partial charge in [-0.05, 0) is 19.3 Å². The van der Waals surface area contributed by atoms with Gasteiger partial charge in [0, 0.05) is 0 Å². The second-order valence-corrected chi connectivity index (χ2v) is 5.64. The lowest BCUT2D eigenvalue weighted by Gasteiger charge is -2.05. The molecule has 0 aliphatic heterocycles. The van der Waals surface area contributed by atoms with Crippen LogP contribution >= 0.6 is 0 Å². The fourth-order valence-corrected chi connectivity index (χ4v) is 2.71. The molecule has 0 heteroatoms. The number of hydrogen-bond donors (Lipinski definition) is 0. The van der Waals surface area contributed by atoms with E-state index in [0.717, 1.165) is 0 Å². The van der Waals surface area contributed by atoms with Crippen LogP contribution in [0.3, 0.4) is 0 Å². The summed E-state index contributed by atoms with van der Waals surface area (Å²) in [5.41, 5.74) is 0. The van der Waals surface area contributed by atoms with Crippen molar-refractivity contribution in [3.63, 3.8) is 0 Å². The van der Waals surface area contributed by atoms with Crippen molar-refractivity contribution in [2.24, 2.45) is 0 Å². The average molecular weight is 236 g/mol. The Morgan fingerprint density at radius 2 is 0.529 bits per heavy atom. The van der Waals surface area contributed by atoms with E-state index < -0.39 is 0 Å². The largest absolute Gasteiger partial charge is 0.0885 e. The summed E-state index contributed by atoms with van der Waals surface area (Å²) in [6.07, 6.45) is 26.5. The molecular formula is C17H32. The summed E-state index contributed by atoms with van der Waals surface area (Å²) < 4.78 is 0. The van der Waals surface area contributed by atoms with E-state index in [1.54, 1.807) is 0 Å². The third-order valence-corrected chi connectivity index (χ3v) is 3.91. The van der Waals surface area contributed by atoms with Gasteiger partial charge in [-0.3, -0.25) is 0 Å². The van der Waals surface area contributed by atoms with Crippen LogP contribution in [0, 0.1) is 0 Å². The summed E-state index contributed by atoms with van der Waals surface area (Å²) >= 11 is 0. The van der Waals surface area contributed by atoms with Gasteiger partial charge in [0.15, 0.2) is 0 Å². The van der Waals surface area contributed by atoms with Gasteiger partial charge in [0.25, 0.3) is 0 Å². The average Bonchev–Trinajstić information content (AvgIpc) is 2.88. The number of hydrogen-bond acceptors (Lipinski definition) is 0. The van der Waals surface area contributed by atoms with Crippen LogP contribution in [0.25, 0.3) is 0 Å². The lowest BCUT2D eigenvalue weighted by Crippen LogP contribution is -1.85. The smallest absolute Gasteiger partial charge is 0.0348 e. The first-order valence-electron chi connectivity index (χ1n) is 8.15. The first-order chi connectivity index (χ1) is 8.50. The lowest BCUT2D eigenvalue weighted by atomic mass is 10.0. The Labute approximate surface area is 109 Å². The van der Waals surface area contributed by atoms with Gasteiger partial charge >= 0.3 is 0 Å². The third-order valence-electron chi connectivity index (χ3n) is 3.91. The zero-order valence-electron chi connectivity index (χ0n) is 11.8. The molecule has 0 unspecified atom stereocenters. The molecule has 1 saturated carbocycles. The summed E-state index contributed by atoms with van der Waals surface area (Å²) in [5, 5.41) is 0. The number of rotatable bonds is 0. The summed E-state index contributed by atoms with van der Waals surface area (Å²) in [4.78, 5) is 0. The molecule has 0 aromatic heterocycles. The van der Waals surface area contributed by atoms with Gasteiger partial charge in [-0.15, -0.1) is 0 Å². The second kappa shape index (κ2) is 12.2. The van der Waals surface area contributed by atoms with E-state index in [1.165, 1.54) is 96.3 Å². The van der Waals surface area contributed by atoms with Crippen LogP contribution in [-0.2, 0) is 0 Å². The van der Waals surface area contributed by atoms with Crippen molar-refractivity contribution < 1.29 is 0 Å². The molecule has 0 heterocycles. The first-order valence-corrected chi connectivity index (χ1v) is 8.15. The van der Waals surface area contributed by atoms with Crippen LogP contribution in [0.5, 0.6) is 0 Å². The van der Waals surface area contributed by atoms with Gasteiger partial charge in [0.2, 0.25) is 0 Å². The quantitative estimate of drug-likeness (QED) is 0.426. The van der Waals surface area contributed by atoms with Gasteiger partial charge in [-0.2, -0.15) is 0 Å². The topological polar surface area (TPSA) is 0 Å². The van der Waals surface area contributed by atoms with E-state index in [2.05, 4.69) is 12.2 Å². The third kappa shape index (κ3) is 10.6. The van der Waals surface area contributed by atoms with Crippen LogP contribution in [0.4, 0.5) is 0 Å². The van der Waals surface area contributed by atoms with E-state index in [0.29, 0.717) is 0 Å². The van der Waals surface area contributed by atoms with Crippen LogP contribution in [0.2, 0.25) is 0 Å². The fraction of sp³-hybridized carbons (Fsp3) is 0.882. The molecule has 0 spiro atoms. The highest BCUT2D eigenvalue weighted by atomic mass is 14.0. The van der Waals surface area contributed by atoms with E-state index in [-0.39, 0.29) is 0 Å². The summed E-state index contributed by atoms with van der Waals surface area (Å²) in [7, 11) is 0. The van der Waals surface area contributed by atoms with Crippen LogP contribution in [0.15, 0.2) is 12.2 Å². The Bertz CT molecular complexity index is 120. The lowest BCUT2D eigenvalue weighted by molar-refractivity contribution is 0.504. The molecule has 2 rings (SSSR count). The predicted octanol–water partition coefficient (Wildman–Crippen LogP) is 6.41. The van der Waals surface area contributed by atoms with Gasteiger partial charge in [0.05, 0.1) is 0 Å². The molecule has 17 heavy (non-hydrogen) atoms. The molecule has 0 aromatic rings. The Morgan fingerprint density at radius 1 is 0.294 bits per heavy atom. The molecule has 0 bridgehead atoms. The van der Waals surface area contributed by atoms with Crippen LogP contribution in [-0.4, -0.2) is 0 Å². The molecule has 0 nitrogen and oxygen atoms in total. The summed E-state index contributed by atoms with van der Waals surface area (Å²) in [5.74, 6) is 0. The van der Waals surface area contributed by atoms with Gasteiger partial charge in [-0.25, -0.2) is 0 Å². The maximum absolute atomic E-state index is 2.24. The molecule has 0 radical (unpaired) electrons. The molecule has 100 valence electrons. The van der Waals surface area contributed by atoms with Crippen molar-refractivity contribution in [2.75, 3.05) is 0 Å². The van der Waals surface area contributed by atoms with Crippen molar-refractivity contribution in [2.45, 2.75) is 96.3 Å². The Morgan fingerprint density at radius 3 is 0.647 bits per heavy atom. The SMILES string of the molecule is C1=CCCC1.C1CCCCCCCCCCC1. The van der Waals surface area contributed by atoms with Crippen LogP contribution < -0.4 is 0 Å². The second-order valence-electron chi connectivity index (χ2n) is 5.64. The highest BCUT2D eigenvalue weighted by molar-refractivity contribution is 4.88. The maximum atomic E-state index is 2.24. The monoisotopic (exact) mass is 236 g/mol. The zero-order valence-corrected chi connectivity index (χ0v) is 11.8. The highest BCUT2D eigenvalue weighted by Crippen LogP contribution is 2.15. The molecule has 0 saturated heterocycles. The molecule has 0 atom stereocenters. The number of allylic oxidation sites excluding steroid dienone is 2. The molecule has 0 aromatic carbocycles. The van der Waals surface area contributed by atoms with Crippen molar-refractivity contribution >= 4 is 0 Å². The maximum Gasteiger partial charge on any atom is -0.0348 e. The molecule has 2 aliphatic rings. The molecule has 1 fully saturated rings. The molecular weight excluding hydrogens is 204 g/mol. The van der Waals surface area contributed by atoms with E-state index in [1.807, 2.05) is 0 Å². The Kier molecular flexibility index (Phi) is 10.6. The minimum Gasteiger partial charge on any atom is -0.0885 e. The Hall–Kier alpha value is -0.260. The fourth-order valence-electron chi connectivity index (χ4n) is 2.71. The normalized spacial score (nSPS) is 23.1. The summed E-state index contributed by atoms with van der Waals surface area (Å²) in [6, 6.07) is 0. The van der Waals surface area contributed by atoms with Gasteiger partial charge in [0.1, 0.15) is 0 Å². The van der Waals surface area contributed by atoms with Crippen molar-refractivity contribution in [3.05, 3.63) is 12.2 Å². The zero-order chi connectivity index (χ0) is 12.0. The van der Waals surface area contributed by atoms with E-state index in [9.17, 15) is 0 Å². The van der Waals surface area contributed by atoms with Crippen LogP contribution in [0.1, 0.15) is 96.3 Å². The minimum atomic E-state index is 1.32. The van der Waals surface area contributed by atoms with Gasteiger partial charge in [-0.1, -0.05) is 89.2 Å². The van der Waals surface area contributed by atoms with Crippen molar-refractivity contribution in [3.8, 4) is 0 Å². The first kappa shape index (κ1) is 14.8. The summed E-state index contributed by atoms with van der Waals surface area (Å²) in [6.45, 7) is 0. The van der Waals surface area contributed by atoms with Crippen molar-refractivity contribution in [1.82, 2.24) is 0 Å². The highest BCUT2D eigenvalue weighted by Gasteiger charge is 1.96. The van der Waals surface area contributed by atoms with E-state index in [4.69, 9.17) is 0 Å².